The Balaban J connectivity index is 2.12. The summed E-state index contributed by atoms with van der Waals surface area (Å²) in [5, 5.41) is 8.47. The molecule has 84 valence electrons. The lowest BCUT2D eigenvalue weighted by atomic mass is 10.2. The van der Waals surface area contributed by atoms with E-state index in [1.807, 2.05) is 24.3 Å². The molecule has 0 atom stereocenters. The first-order valence-electron chi connectivity index (χ1n) is 4.84. The quantitative estimate of drug-likeness (QED) is 0.773. The van der Waals surface area contributed by atoms with Crippen molar-refractivity contribution in [3.8, 4) is 0 Å². The van der Waals surface area contributed by atoms with Gasteiger partial charge in [0.2, 0.25) is 0 Å². The van der Waals surface area contributed by atoms with E-state index in [1.165, 1.54) is 0 Å². The van der Waals surface area contributed by atoms with Gasteiger partial charge in [0.15, 0.2) is 0 Å². The average molecular weight is 275 g/mol. The summed E-state index contributed by atoms with van der Waals surface area (Å²) in [5.74, 6) is 0. The van der Waals surface area contributed by atoms with E-state index in [0.29, 0.717) is 26.4 Å². The smallest absolute Gasteiger partial charge is 0.0728 e. The third-order valence-electron chi connectivity index (χ3n) is 1.82. The molecule has 0 bridgehead atoms. The van der Waals surface area contributed by atoms with E-state index < -0.39 is 0 Å². The molecule has 0 aliphatic heterocycles. The number of benzene rings is 1. The lowest BCUT2D eigenvalue weighted by molar-refractivity contribution is 0.0273. The van der Waals surface area contributed by atoms with E-state index in [9.17, 15) is 0 Å². The van der Waals surface area contributed by atoms with Crippen LogP contribution >= 0.6 is 15.9 Å². The minimum Gasteiger partial charge on any atom is -0.394 e. The number of aliphatic hydroxyl groups is 1. The van der Waals surface area contributed by atoms with Crippen LogP contribution < -0.4 is 0 Å². The van der Waals surface area contributed by atoms with Crippen LogP contribution in [0.2, 0.25) is 0 Å². The number of rotatable bonds is 7. The van der Waals surface area contributed by atoms with Crippen molar-refractivity contribution in [3.63, 3.8) is 0 Å². The van der Waals surface area contributed by atoms with Gasteiger partial charge in [0.1, 0.15) is 0 Å². The number of ether oxygens (including phenoxy) is 2. The maximum atomic E-state index is 8.47. The van der Waals surface area contributed by atoms with Crippen molar-refractivity contribution in [1.29, 1.82) is 0 Å². The van der Waals surface area contributed by atoms with Crippen molar-refractivity contribution in [2.75, 3.05) is 26.4 Å². The van der Waals surface area contributed by atoms with Crippen LogP contribution in [0.3, 0.4) is 0 Å². The second-order valence-electron chi connectivity index (χ2n) is 2.98. The highest BCUT2D eigenvalue weighted by Gasteiger charge is 1.97. The van der Waals surface area contributed by atoms with Gasteiger partial charge in [-0.05, 0) is 11.6 Å². The molecule has 1 aromatic carbocycles. The molecule has 0 saturated carbocycles. The maximum absolute atomic E-state index is 8.47. The molecule has 0 heterocycles. The van der Waals surface area contributed by atoms with Crippen LogP contribution in [-0.4, -0.2) is 31.5 Å². The van der Waals surface area contributed by atoms with Crippen molar-refractivity contribution in [2.45, 2.75) is 6.61 Å². The molecule has 0 amide bonds. The van der Waals surface area contributed by atoms with E-state index in [-0.39, 0.29) is 6.61 Å². The first-order chi connectivity index (χ1) is 7.34. The summed E-state index contributed by atoms with van der Waals surface area (Å²) in [4.78, 5) is 0. The van der Waals surface area contributed by atoms with Crippen LogP contribution in [-0.2, 0) is 16.1 Å². The van der Waals surface area contributed by atoms with Crippen LogP contribution in [0.25, 0.3) is 0 Å². The summed E-state index contributed by atoms with van der Waals surface area (Å²) in [7, 11) is 0. The Hall–Kier alpha value is -0.420. The lowest BCUT2D eigenvalue weighted by Crippen LogP contribution is -2.07. The van der Waals surface area contributed by atoms with E-state index >= 15 is 0 Å². The van der Waals surface area contributed by atoms with Gasteiger partial charge in [-0.2, -0.15) is 0 Å². The molecule has 0 aromatic heterocycles. The molecule has 0 unspecified atom stereocenters. The summed E-state index contributed by atoms with van der Waals surface area (Å²) in [6.07, 6.45) is 0. The van der Waals surface area contributed by atoms with Gasteiger partial charge >= 0.3 is 0 Å². The molecule has 1 aromatic rings. The minimum atomic E-state index is 0.0598. The Morgan fingerprint density at radius 2 is 1.80 bits per heavy atom. The molecule has 0 aliphatic carbocycles. The van der Waals surface area contributed by atoms with Crippen LogP contribution in [0.4, 0.5) is 0 Å². The fourth-order valence-corrected chi connectivity index (χ4v) is 1.48. The van der Waals surface area contributed by atoms with E-state index in [4.69, 9.17) is 14.6 Å². The molecule has 3 nitrogen and oxygen atoms in total. The van der Waals surface area contributed by atoms with Crippen molar-refractivity contribution in [3.05, 3.63) is 34.3 Å². The number of hydrogen-bond donors (Lipinski definition) is 1. The van der Waals surface area contributed by atoms with E-state index in [0.717, 1.165) is 10.0 Å². The summed E-state index contributed by atoms with van der Waals surface area (Å²) in [5.41, 5.74) is 1.12. The third-order valence-corrected chi connectivity index (χ3v) is 2.60. The summed E-state index contributed by atoms with van der Waals surface area (Å²) in [6.45, 7) is 2.07. The summed E-state index contributed by atoms with van der Waals surface area (Å²) < 4.78 is 11.5. The minimum absolute atomic E-state index is 0.0598. The predicted octanol–water partition coefficient (Wildman–Crippen LogP) is 1.97. The fraction of sp³-hybridized carbons (Fsp3) is 0.455. The third kappa shape index (κ3) is 5.28. The maximum Gasteiger partial charge on any atom is 0.0728 e. The number of hydrogen-bond acceptors (Lipinski definition) is 3. The van der Waals surface area contributed by atoms with E-state index in [1.54, 1.807) is 0 Å². The van der Waals surface area contributed by atoms with Gasteiger partial charge in [0, 0.05) is 4.47 Å². The second-order valence-corrected chi connectivity index (χ2v) is 3.83. The first-order valence-corrected chi connectivity index (χ1v) is 5.63. The molecule has 0 fully saturated rings. The second kappa shape index (κ2) is 7.82. The van der Waals surface area contributed by atoms with Crippen molar-refractivity contribution in [1.82, 2.24) is 0 Å². The molecule has 1 rings (SSSR count). The van der Waals surface area contributed by atoms with Crippen molar-refractivity contribution in [2.24, 2.45) is 0 Å². The van der Waals surface area contributed by atoms with Gasteiger partial charge < -0.3 is 14.6 Å². The molecule has 0 saturated heterocycles. The van der Waals surface area contributed by atoms with Gasteiger partial charge in [-0.1, -0.05) is 34.1 Å². The highest BCUT2D eigenvalue weighted by molar-refractivity contribution is 9.10. The average Bonchev–Trinajstić information content (AvgIpc) is 2.25. The van der Waals surface area contributed by atoms with Gasteiger partial charge in [-0.25, -0.2) is 0 Å². The zero-order chi connectivity index (χ0) is 10.9. The SMILES string of the molecule is OCCOCCOCc1ccccc1Br. The normalized spacial score (nSPS) is 10.5. The largest absolute Gasteiger partial charge is 0.394 e. The highest BCUT2D eigenvalue weighted by Crippen LogP contribution is 2.16. The van der Waals surface area contributed by atoms with Gasteiger partial charge in [0.05, 0.1) is 33.0 Å². The highest BCUT2D eigenvalue weighted by atomic mass is 79.9. The van der Waals surface area contributed by atoms with E-state index in [2.05, 4.69) is 15.9 Å². The van der Waals surface area contributed by atoms with Gasteiger partial charge in [-0.3, -0.25) is 0 Å². The lowest BCUT2D eigenvalue weighted by Gasteiger charge is -2.06. The Morgan fingerprint density at radius 1 is 1.07 bits per heavy atom. The van der Waals surface area contributed by atoms with Gasteiger partial charge in [-0.15, -0.1) is 0 Å². The zero-order valence-electron chi connectivity index (χ0n) is 8.49. The van der Waals surface area contributed by atoms with Crippen molar-refractivity contribution < 1.29 is 14.6 Å². The van der Waals surface area contributed by atoms with Crippen LogP contribution in [0.1, 0.15) is 5.56 Å². The Kier molecular flexibility index (Phi) is 6.59. The Bertz CT molecular complexity index is 278. The first kappa shape index (κ1) is 12.6. The number of aliphatic hydroxyl groups excluding tert-OH is 1. The van der Waals surface area contributed by atoms with Gasteiger partial charge in [0.25, 0.3) is 0 Å². The zero-order valence-corrected chi connectivity index (χ0v) is 10.1. The molecule has 0 radical (unpaired) electrons. The predicted molar refractivity (Wildman–Crippen MR) is 61.7 cm³/mol. The summed E-state index contributed by atoms with van der Waals surface area (Å²) in [6, 6.07) is 7.95. The Morgan fingerprint density at radius 3 is 2.53 bits per heavy atom. The van der Waals surface area contributed by atoms with Crippen LogP contribution in [0, 0.1) is 0 Å². The van der Waals surface area contributed by atoms with Crippen LogP contribution in [0.15, 0.2) is 28.7 Å². The molecule has 0 aliphatic rings. The fourth-order valence-electron chi connectivity index (χ4n) is 1.08. The molecular weight excluding hydrogens is 260 g/mol. The standard InChI is InChI=1S/C11H15BrO3/c12-11-4-2-1-3-10(11)9-15-8-7-14-6-5-13/h1-4,13H,5-9H2. The molecular formula is C11H15BrO3. The Labute approximate surface area is 98.1 Å². The molecule has 1 N–H and O–H groups in total. The number of halogens is 1. The molecule has 4 heteroatoms. The van der Waals surface area contributed by atoms with Crippen LogP contribution in [0.5, 0.6) is 0 Å². The van der Waals surface area contributed by atoms with Crippen molar-refractivity contribution >= 4 is 15.9 Å². The topological polar surface area (TPSA) is 38.7 Å². The summed E-state index contributed by atoms with van der Waals surface area (Å²) >= 11 is 3.45. The molecule has 15 heavy (non-hydrogen) atoms. The monoisotopic (exact) mass is 274 g/mol. The molecule has 0 spiro atoms.